The highest BCUT2D eigenvalue weighted by Crippen LogP contribution is 2.31. The number of ether oxygens (including phenoxy) is 3. The fourth-order valence-corrected chi connectivity index (χ4v) is 2.47. The maximum absolute atomic E-state index is 12.3. The summed E-state index contributed by atoms with van der Waals surface area (Å²) in [6.07, 6.45) is 3.64. The third-order valence-corrected chi connectivity index (χ3v) is 3.91. The van der Waals surface area contributed by atoms with Gasteiger partial charge in [0.15, 0.2) is 12.0 Å². The molecule has 0 saturated carbocycles. The molecule has 150 valence electrons. The first-order valence-corrected chi connectivity index (χ1v) is 8.54. The number of phenolic OH excluding ortho intramolecular Hbond substituents is 1. The molecule has 0 saturated heterocycles. The first-order chi connectivity index (χ1) is 14.0. The highest BCUT2D eigenvalue weighted by atomic mass is 16.5. The lowest BCUT2D eigenvalue weighted by atomic mass is 10.1. The molecule has 1 aliphatic heterocycles. The molecule has 3 aromatic rings. The molecule has 29 heavy (non-hydrogen) atoms. The zero-order chi connectivity index (χ0) is 20.8. The minimum atomic E-state index is -1.16. The summed E-state index contributed by atoms with van der Waals surface area (Å²) >= 11 is 0. The van der Waals surface area contributed by atoms with Crippen molar-refractivity contribution in [2.45, 2.75) is 0 Å². The molecule has 2 heterocycles. The fourth-order valence-electron chi connectivity index (χ4n) is 2.47. The van der Waals surface area contributed by atoms with Crippen LogP contribution < -0.4 is 14.9 Å². The van der Waals surface area contributed by atoms with Crippen molar-refractivity contribution in [3.8, 4) is 28.6 Å². The van der Waals surface area contributed by atoms with Gasteiger partial charge in [0.1, 0.15) is 40.6 Å². The van der Waals surface area contributed by atoms with Crippen LogP contribution in [0.3, 0.4) is 0 Å². The lowest BCUT2D eigenvalue weighted by Crippen LogP contribution is -2.09. The van der Waals surface area contributed by atoms with Crippen LogP contribution in [0.2, 0.25) is 0 Å². The normalized spacial score (nSPS) is 11.6. The summed E-state index contributed by atoms with van der Waals surface area (Å²) in [5.74, 6) is -0.452. The summed E-state index contributed by atoms with van der Waals surface area (Å²) in [5, 5.41) is 18.7. The van der Waals surface area contributed by atoms with Crippen molar-refractivity contribution in [1.29, 1.82) is 0 Å². The molecule has 0 aliphatic carbocycles. The Morgan fingerprint density at radius 1 is 1.14 bits per heavy atom. The first kappa shape index (κ1) is 19.8. The van der Waals surface area contributed by atoms with Gasteiger partial charge in [-0.05, 0) is 30.3 Å². The number of phenols is 1. The summed E-state index contributed by atoms with van der Waals surface area (Å²) in [4.78, 5) is 22.9. The van der Waals surface area contributed by atoms with Crippen LogP contribution in [0.1, 0.15) is 0 Å². The number of benzene rings is 2. The Bertz CT molecular complexity index is 1090. The summed E-state index contributed by atoms with van der Waals surface area (Å²) in [6.45, 7) is 0.243. The Balaban J connectivity index is 0.000000536. The van der Waals surface area contributed by atoms with Crippen LogP contribution in [0.5, 0.6) is 17.2 Å². The Kier molecular flexibility index (Phi) is 6.03. The summed E-state index contributed by atoms with van der Waals surface area (Å²) in [5.41, 5.74) is 0.323. The SMILES string of the molecule is C1=COC1.COc1ccc(-c2cc(=O)c3c(O)cc(OCC(=O)O)cc3o2)cc1. The quantitative estimate of drug-likeness (QED) is 0.673. The van der Waals surface area contributed by atoms with E-state index in [4.69, 9.17) is 19.0 Å². The van der Waals surface area contributed by atoms with Crippen molar-refractivity contribution in [1.82, 2.24) is 0 Å². The minimum Gasteiger partial charge on any atom is -0.507 e. The van der Waals surface area contributed by atoms with E-state index < -0.39 is 18.0 Å². The molecule has 0 bridgehead atoms. The van der Waals surface area contributed by atoms with Crippen molar-refractivity contribution >= 4 is 16.9 Å². The van der Waals surface area contributed by atoms with Gasteiger partial charge in [0, 0.05) is 23.8 Å². The van der Waals surface area contributed by atoms with E-state index in [0.29, 0.717) is 17.1 Å². The van der Waals surface area contributed by atoms with Crippen molar-refractivity contribution in [3.05, 3.63) is 65.0 Å². The van der Waals surface area contributed by atoms with Gasteiger partial charge < -0.3 is 28.8 Å². The lowest BCUT2D eigenvalue weighted by Gasteiger charge is -2.08. The fraction of sp³-hybridized carbons (Fsp3) is 0.143. The van der Waals surface area contributed by atoms with Crippen LogP contribution in [-0.4, -0.2) is 36.5 Å². The maximum atomic E-state index is 12.3. The number of aliphatic carboxylic acids is 1. The number of rotatable bonds is 5. The maximum Gasteiger partial charge on any atom is 0.341 e. The molecular weight excluding hydrogens is 380 g/mol. The van der Waals surface area contributed by atoms with Crippen molar-refractivity contribution < 1.29 is 33.6 Å². The van der Waals surface area contributed by atoms with Crippen LogP contribution in [0.25, 0.3) is 22.3 Å². The molecule has 0 amide bonds. The molecule has 1 aromatic heterocycles. The molecule has 2 aromatic carbocycles. The summed E-state index contributed by atoms with van der Waals surface area (Å²) < 4.78 is 20.4. The van der Waals surface area contributed by atoms with Gasteiger partial charge in [0.05, 0.1) is 13.4 Å². The molecule has 1 aliphatic rings. The van der Waals surface area contributed by atoms with Gasteiger partial charge in [-0.2, -0.15) is 0 Å². The topological polar surface area (TPSA) is 115 Å². The molecule has 2 N–H and O–H groups in total. The second kappa shape index (κ2) is 8.83. The largest absolute Gasteiger partial charge is 0.507 e. The molecule has 4 rings (SSSR count). The minimum absolute atomic E-state index is 0.0000586. The number of carboxylic acid groups (broad SMARTS) is 1. The van der Waals surface area contributed by atoms with Crippen molar-refractivity contribution in [2.24, 2.45) is 0 Å². The van der Waals surface area contributed by atoms with E-state index in [9.17, 15) is 14.7 Å². The van der Waals surface area contributed by atoms with Crippen molar-refractivity contribution in [2.75, 3.05) is 20.3 Å². The van der Waals surface area contributed by atoms with Gasteiger partial charge in [-0.15, -0.1) is 0 Å². The van der Waals surface area contributed by atoms with E-state index in [1.807, 2.05) is 6.08 Å². The van der Waals surface area contributed by atoms with E-state index in [0.717, 1.165) is 6.61 Å². The van der Waals surface area contributed by atoms with Crippen molar-refractivity contribution in [3.63, 3.8) is 0 Å². The number of fused-ring (bicyclic) bond motifs is 1. The predicted octanol–water partition coefficient (Wildman–Crippen LogP) is 3.17. The molecule has 0 atom stereocenters. The third kappa shape index (κ3) is 4.86. The number of hydrogen-bond donors (Lipinski definition) is 2. The second-order valence-corrected chi connectivity index (χ2v) is 5.91. The molecule has 0 radical (unpaired) electrons. The number of carboxylic acids is 1. The molecule has 8 heteroatoms. The van der Waals surface area contributed by atoms with Crippen LogP contribution in [0.15, 0.2) is 64.0 Å². The monoisotopic (exact) mass is 398 g/mol. The average Bonchev–Trinajstić information content (AvgIpc) is 2.64. The van der Waals surface area contributed by atoms with E-state index in [2.05, 4.69) is 4.74 Å². The zero-order valence-electron chi connectivity index (χ0n) is 15.5. The molecule has 0 spiro atoms. The van der Waals surface area contributed by atoms with Crippen LogP contribution in [0, 0.1) is 0 Å². The highest BCUT2D eigenvalue weighted by molar-refractivity contribution is 5.86. The highest BCUT2D eigenvalue weighted by Gasteiger charge is 2.13. The molecule has 8 nitrogen and oxygen atoms in total. The van der Waals surface area contributed by atoms with E-state index in [1.165, 1.54) is 18.2 Å². The smallest absolute Gasteiger partial charge is 0.341 e. The number of methoxy groups -OCH3 is 1. The third-order valence-electron chi connectivity index (χ3n) is 3.91. The Labute approximate surface area is 165 Å². The van der Waals surface area contributed by atoms with Gasteiger partial charge in [-0.3, -0.25) is 4.79 Å². The van der Waals surface area contributed by atoms with E-state index in [1.54, 1.807) is 37.6 Å². The number of aromatic hydroxyl groups is 1. The Hall–Kier alpha value is -3.94. The zero-order valence-corrected chi connectivity index (χ0v) is 15.5. The lowest BCUT2D eigenvalue weighted by molar-refractivity contribution is -0.139. The van der Waals surface area contributed by atoms with Crippen LogP contribution in [-0.2, 0) is 9.53 Å². The van der Waals surface area contributed by atoms with Gasteiger partial charge >= 0.3 is 5.97 Å². The molecular formula is C21H18O8. The average molecular weight is 398 g/mol. The van der Waals surface area contributed by atoms with Gasteiger partial charge in [-0.1, -0.05) is 0 Å². The van der Waals surface area contributed by atoms with Gasteiger partial charge in [0.2, 0.25) is 0 Å². The Morgan fingerprint density at radius 2 is 1.79 bits per heavy atom. The number of carbonyl (C=O) groups is 1. The predicted molar refractivity (Wildman–Crippen MR) is 104 cm³/mol. The summed E-state index contributed by atoms with van der Waals surface area (Å²) in [7, 11) is 1.55. The number of hydrogen-bond acceptors (Lipinski definition) is 7. The van der Waals surface area contributed by atoms with Crippen LogP contribution >= 0.6 is 0 Å². The van der Waals surface area contributed by atoms with Gasteiger partial charge in [-0.25, -0.2) is 4.79 Å². The van der Waals surface area contributed by atoms with Crippen LogP contribution in [0.4, 0.5) is 0 Å². The first-order valence-electron chi connectivity index (χ1n) is 8.54. The second-order valence-electron chi connectivity index (χ2n) is 5.91. The van der Waals surface area contributed by atoms with E-state index in [-0.39, 0.29) is 22.5 Å². The standard InChI is InChI=1S/C18H14O7.C3H4O/c1-23-11-4-2-10(3-5-11)15-8-14(20)18-13(19)6-12(7-16(18)25-15)24-9-17(21)22;1-2-4-3-1/h2-8,19H,9H2,1H3,(H,21,22);1-2H,3H2. The Morgan fingerprint density at radius 3 is 2.34 bits per heavy atom. The summed E-state index contributed by atoms with van der Waals surface area (Å²) in [6, 6.07) is 10.7. The van der Waals surface area contributed by atoms with E-state index >= 15 is 0 Å². The van der Waals surface area contributed by atoms with Gasteiger partial charge in [0.25, 0.3) is 0 Å². The molecule has 0 fully saturated rings. The molecule has 0 unspecified atom stereocenters.